The van der Waals surface area contributed by atoms with Gasteiger partial charge in [0, 0.05) is 20.1 Å². The van der Waals surface area contributed by atoms with Crippen molar-refractivity contribution in [2.45, 2.75) is 19.3 Å². The Morgan fingerprint density at radius 3 is 3.24 bits per heavy atom. The van der Waals surface area contributed by atoms with E-state index in [4.69, 9.17) is 4.74 Å². The summed E-state index contributed by atoms with van der Waals surface area (Å²) in [5.41, 5.74) is 1.62. The van der Waals surface area contributed by atoms with Crippen LogP contribution in [0.3, 0.4) is 0 Å². The van der Waals surface area contributed by atoms with Crippen molar-refractivity contribution in [3.05, 3.63) is 29.8 Å². The molecular formula is C16H22FN3O. The molecule has 1 atom stereocenters. The number of benzene rings is 1. The molecule has 1 unspecified atom stereocenters. The third-order valence-corrected chi connectivity index (χ3v) is 4.15. The van der Waals surface area contributed by atoms with Crippen LogP contribution in [0.4, 0.5) is 4.39 Å². The number of rotatable bonds is 6. The molecule has 0 saturated carbocycles. The van der Waals surface area contributed by atoms with E-state index in [0.717, 1.165) is 49.4 Å². The van der Waals surface area contributed by atoms with Crippen molar-refractivity contribution in [2.24, 2.45) is 5.92 Å². The molecule has 5 heteroatoms. The van der Waals surface area contributed by atoms with Crippen LogP contribution in [0, 0.1) is 11.7 Å². The Bertz CT molecular complexity index is 598. The first-order valence-electron chi connectivity index (χ1n) is 7.60. The van der Waals surface area contributed by atoms with Gasteiger partial charge in [-0.3, -0.25) is 0 Å². The highest BCUT2D eigenvalue weighted by molar-refractivity contribution is 5.74. The van der Waals surface area contributed by atoms with Gasteiger partial charge in [0.15, 0.2) is 0 Å². The molecule has 0 aliphatic carbocycles. The quantitative estimate of drug-likeness (QED) is 0.889. The normalized spacial score (nSPS) is 19.6. The van der Waals surface area contributed by atoms with Crippen molar-refractivity contribution in [1.82, 2.24) is 14.9 Å². The molecule has 1 aromatic carbocycles. The molecule has 114 valence electrons. The zero-order valence-corrected chi connectivity index (χ0v) is 12.4. The molecule has 1 aromatic heterocycles. The molecule has 0 radical (unpaired) electrons. The van der Waals surface area contributed by atoms with Crippen LogP contribution in [-0.4, -0.2) is 48.2 Å². The Balaban J connectivity index is 1.48. The number of methoxy groups -OCH3 is 1. The zero-order chi connectivity index (χ0) is 14.7. The van der Waals surface area contributed by atoms with Crippen molar-refractivity contribution < 1.29 is 9.13 Å². The summed E-state index contributed by atoms with van der Waals surface area (Å²) < 4.78 is 18.4. The molecular weight excluding hydrogens is 269 g/mol. The number of nitrogens with one attached hydrogen (secondary N) is 1. The predicted molar refractivity (Wildman–Crippen MR) is 80.8 cm³/mol. The van der Waals surface area contributed by atoms with E-state index in [1.54, 1.807) is 13.2 Å². The van der Waals surface area contributed by atoms with Crippen molar-refractivity contribution in [3.63, 3.8) is 0 Å². The van der Waals surface area contributed by atoms with Gasteiger partial charge in [-0.15, -0.1) is 0 Å². The van der Waals surface area contributed by atoms with Gasteiger partial charge < -0.3 is 14.6 Å². The SMILES string of the molecule is COCC1CCN(CCCc2nc3ccc(F)cc3[nH]2)C1. The molecule has 0 bridgehead atoms. The second-order valence-electron chi connectivity index (χ2n) is 5.86. The fourth-order valence-corrected chi connectivity index (χ4v) is 3.11. The van der Waals surface area contributed by atoms with E-state index in [-0.39, 0.29) is 5.82 Å². The maximum atomic E-state index is 13.1. The average Bonchev–Trinajstić information content (AvgIpc) is 3.05. The number of aryl methyl sites for hydroxylation is 1. The second kappa shape index (κ2) is 6.54. The lowest BCUT2D eigenvalue weighted by Crippen LogP contribution is -2.23. The predicted octanol–water partition coefficient (Wildman–Crippen LogP) is 2.60. The number of likely N-dealkylation sites (tertiary alicyclic amines) is 1. The summed E-state index contributed by atoms with van der Waals surface area (Å²) in [7, 11) is 1.77. The summed E-state index contributed by atoms with van der Waals surface area (Å²) in [5.74, 6) is 1.41. The number of H-pyrrole nitrogens is 1. The van der Waals surface area contributed by atoms with Gasteiger partial charge in [0.05, 0.1) is 17.6 Å². The van der Waals surface area contributed by atoms with Crippen molar-refractivity contribution in [2.75, 3.05) is 33.4 Å². The van der Waals surface area contributed by atoms with Crippen LogP contribution in [-0.2, 0) is 11.2 Å². The van der Waals surface area contributed by atoms with E-state index in [0.29, 0.717) is 5.92 Å². The minimum absolute atomic E-state index is 0.223. The van der Waals surface area contributed by atoms with Gasteiger partial charge in [-0.2, -0.15) is 0 Å². The molecule has 21 heavy (non-hydrogen) atoms. The van der Waals surface area contributed by atoms with Crippen LogP contribution in [0.1, 0.15) is 18.7 Å². The summed E-state index contributed by atoms with van der Waals surface area (Å²) >= 11 is 0. The van der Waals surface area contributed by atoms with E-state index < -0.39 is 0 Å². The number of imidazole rings is 1. The van der Waals surface area contributed by atoms with E-state index in [1.807, 2.05) is 0 Å². The Morgan fingerprint density at radius 1 is 1.48 bits per heavy atom. The lowest BCUT2D eigenvalue weighted by atomic mass is 10.1. The van der Waals surface area contributed by atoms with Crippen LogP contribution in [0.15, 0.2) is 18.2 Å². The van der Waals surface area contributed by atoms with Gasteiger partial charge in [0.1, 0.15) is 11.6 Å². The van der Waals surface area contributed by atoms with Gasteiger partial charge in [0.2, 0.25) is 0 Å². The fraction of sp³-hybridized carbons (Fsp3) is 0.562. The molecule has 2 aromatic rings. The third-order valence-electron chi connectivity index (χ3n) is 4.15. The number of nitrogens with zero attached hydrogens (tertiary/aromatic N) is 2. The second-order valence-corrected chi connectivity index (χ2v) is 5.86. The largest absolute Gasteiger partial charge is 0.384 e. The van der Waals surface area contributed by atoms with Crippen molar-refractivity contribution in [1.29, 1.82) is 0 Å². The van der Waals surface area contributed by atoms with E-state index in [9.17, 15) is 4.39 Å². The van der Waals surface area contributed by atoms with Gasteiger partial charge >= 0.3 is 0 Å². The van der Waals surface area contributed by atoms with Crippen molar-refractivity contribution in [3.8, 4) is 0 Å². The minimum atomic E-state index is -0.223. The zero-order valence-electron chi connectivity index (χ0n) is 12.4. The van der Waals surface area contributed by atoms with Crippen LogP contribution < -0.4 is 0 Å². The number of fused-ring (bicyclic) bond motifs is 1. The molecule has 4 nitrogen and oxygen atoms in total. The first-order valence-corrected chi connectivity index (χ1v) is 7.60. The van der Waals surface area contributed by atoms with E-state index >= 15 is 0 Å². The first-order chi connectivity index (χ1) is 10.2. The summed E-state index contributed by atoms with van der Waals surface area (Å²) in [6.07, 6.45) is 3.21. The molecule has 1 aliphatic heterocycles. The topological polar surface area (TPSA) is 41.1 Å². The van der Waals surface area contributed by atoms with Crippen LogP contribution in [0.5, 0.6) is 0 Å². The van der Waals surface area contributed by atoms with Gasteiger partial charge in [-0.25, -0.2) is 9.37 Å². The number of hydrogen-bond acceptors (Lipinski definition) is 3. The summed E-state index contributed by atoms with van der Waals surface area (Å²) in [5, 5.41) is 0. The maximum absolute atomic E-state index is 13.1. The van der Waals surface area contributed by atoms with Crippen LogP contribution in [0.2, 0.25) is 0 Å². The Labute approximate surface area is 124 Å². The van der Waals surface area contributed by atoms with Gasteiger partial charge in [0.25, 0.3) is 0 Å². The number of aromatic amines is 1. The van der Waals surface area contributed by atoms with Gasteiger partial charge in [-0.1, -0.05) is 0 Å². The Hall–Kier alpha value is -1.46. The van der Waals surface area contributed by atoms with Crippen LogP contribution >= 0.6 is 0 Å². The first kappa shape index (κ1) is 14.5. The number of halogens is 1. The van der Waals surface area contributed by atoms with Crippen molar-refractivity contribution >= 4 is 11.0 Å². The molecule has 3 rings (SSSR count). The summed E-state index contributed by atoms with van der Waals surface area (Å²) in [6.45, 7) is 4.26. The Kier molecular flexibility index (Phi) is 4.51. The number of aromatic nitrogens is 2. The summed E-state index contributed by atoms with van der Waals surface area (Å²) in [4.78, 5) is 10.2. The smallest absolute Gasteiger partial charge is 0.125 e. The lowest BCUT2D eigenvalue weighted by Gasteiger charge is -2.15. The van der Waals surface area contributed by atoms with E-state index in [1.165, 1.54) is 25.1 Å². The molecule has 1 fully saturated rings. The third kappa shape index (κ3) is 3.60. The monoisotopic (exact) mass is 291 g/mol. The molecule has 1 N–H and O–H groups in total. The minimum Gasteiger partial charge on any atom is -0.384 e. The molecule has 0 spiro atoms. The lowest BCUT2D eigenvalue weighted by molar-refractivity contribution is 0.153. The number of ether oxygens (including phenoxy) is 1. The average molecular weight is 291 g/mol. The molecule has 2 heterocycles. The van der Waals surface area contributed by atoms with Gasteiger partial charge in [-0.05, 0) is 50.0 Å². The van der Waals surface area contributed by atoms with E-state index in [2.05, 4.69) is 14.9 Å². The highest BCUT2D eigenvalue weighted by Crippen LogP contribution is 2.17. The standard InChI is InChI=1S/C16H22FN3O/c1-21-11-12-6-8-20(10-12)7-2-3-16-18-14-5-4-13(17)9-15(14)19-16/h4-5,9,12H,2-3,6-8,10-11H2,1H3,(H,18,19). The highest BCUT2D eigenvalue weighted by atomic mass is 19.1. The summed E-state index contributed by atoms with van der Waals surface area (Å²) in [6, 6.07) is 4.68. The molecule has 0 amide bonds. The maximum Gasteiger partial charge on any atom is 0.125 e. The molecule has 1 saturated heterocycles. The fourth-order valence-electron chi connectivity index (χ4n) is 3.11. The van der Waals surface area contributed by atoms with Crippen LogP contribution in [0.25, 0.3) is 11.0 Å². The highest BCUT2D eigenvalue weighted by Gasteiger charge is 2.21. The molecule has 1 aliphatic rings. The Morgan fingerprint density at radius 2 is 2.38 bits per heavy atom. The number of hydrogen-bond donors (Lipinski definition) is 1.